The van der Waals surface area contributed by atoms with Crippen LogP contribution in [-0.2, 0) is 6.61 Å². The van der Waals surface area contributed by atoms with E-state index in [9.17, 15) is 9.59 Å². The Morgan fingerprint density at radius 2 is 1.88 bits per heavy atom. The number of benzene rings is 2. The van der Waals surface area contributed by atoms with E-state index in [-0.39, 0.29) is 12.3 Å². The molecule has 0 radical (unpaired) electrons. The SMILES string of the molecule is NC(=O)c1cccc(-c2ccc(OCc3nc(C(=O)O)cs3)cc2)c1. The molecule has 0 saturated heterocycles. The van der Waals surface area contributed by atoms with Gasteiger partial charge in [-0.15, -0.1) is 11.3 Å². The fourth-order valence-electron chi connectivity index (χ4n) is 2.22. The number of nitrogens with two attached hydrogens (primary N) is 1. The first kappa shape index (κ1) is 16.7. The predicted molar refractivity (Wildman–Crippen MR) is 93.8 cm³/mol. The summed E-state index contributed by atoms with van der Waals surface area (Å²) in [4.78, 5) is 26.0. The van der Waals surface area contributed by atoms with Gasteiger partial charge in [0.25, 0.3) is 0 Å². The summed E-state index contributed by atoms with van der Waals surface area (Å²) in [6.07, 6.45) is 0. The monoisotopic (exact) mass is 354 g/mol. The Morgan fingerprint density at radius 3 is 2.52 bits per heavy atom. The zero-order chi connectivity index (χ0) is 17.8. The number of rotatable bonds is 6. The lowest BCUT2D eigenvalue weighted by atomic mass is 10.0. The molecule has 1 heterocycles. The smallest absolute Gasteiger partial charge is 0.355 e. The van der Waals surface area contributed by atoms with Gasteiger partial charge >= 0.3 is 5.97 Å². The van der Waals surface area contributed by atoms with Gasteiger partial charge in [0.15, 0.2) is 5.69 Å². The van der Waals surface area contributed by atoms with Gasteiger partial charge in [-0.2, -0.15) is 0 Å². The first-order valence-corrected chi connectivity index (χ1v) is 8.21. The van der Waals surface area contributed by atoms with E-state index in [0.717, 1.165) is 11.1 Å². The molecule has 0 atom stereocenters. The topological polar surface area (TPSA) is 103 Å². The van der Waals surface area contributed by atoms with Crippen molar-refractivity contribution in [3.8, 4) is 16.9 Å². The molecule has 3 aromatic rings. The third-order valence-corrected chi connectivity index (χ3v) is 4.29. The minimum absolute atomic E-state index is 0.0216. The van der Waals surface area contributed by atoms with Crippen molar-refractivity contribution >= 4 is 23.2 Å². The van der Waals surface area contributed by atoms with Crippen LogP contribution in [0.25, 0.3) is 11.1 Å². The average Bonchev–Trinajstić information content (AvgIpc) is 3.10. The van der Waals surface area contributed by atoms with Crippen LogP contribution in [0.3, 0.4) is 0 Å². The number of aromatic carboxylic acids is 1. The van der Waals surface area contributed by atoms with Crippen molar-refractivity contribution in [2.24, 2.45) is 5.73 Å². The summed E-state index contributed by atoms with van der Waals surface area (Å²) < 4.78 is 5.62. The Bertz CT molecular complexity index is 919. The summed E-state index contributed by atoms with van der Waals surface area (Å²) in [7, 11) is 0. The number of thiazole rings is 1. The fourth-order valence-corrected chi connectivity index (χ4v) is 2.90. The summed E-state index contributed by atoms with van der Waals surface area (Å²) in [6, 6.07) is 14.4. The number of ether oxygens (including phenoxy) is 1. The number of hydrogen-bond acceptors (Lipinski definition) is 5. The van der Waals surface area contributed by atoms with Crippen molar-refractivity contribution in [3.05, 3.63) is 70.2 Å². The van der Waals surface area contributed by atoms with E-state index in [2.05, 4.69) is 4.98 Å². The number of carboxylic acid groups (broad SMARTS) is 1. The van der Waals surface area contributed by atoms with E-state index >= 15 is 0 Å². The molecule has 1 amide bonds. The standard InChI is InChI=1S/C18H14N2O4S/c19-17(21)13-3-1-2-12(8-13)11-4-6-14(7-5-11)24-9-16-20-15(10-25-16)18(22)23/h1-8,10H,9H2,(H2,19,21)(H,22,23). The van der Waals surface area contributed by atoms with Gasteiger partial charge in [0.1, 0.15) is 17.4 Å². The van der Waals surface area contributed by atoms with Gasteiger partial charge < -0.3 is 15.6 Å². The van der Waals surface area contributed by atoms with E-state index in [1.165, 1.54) is 16.7 Å². The molecule has 126 valence electrons. The van der Waals surface area contributed by atoms with Gasteiger partial charge in [0.05, 0.1) is 0 Å². The second-order valence-corrected chi connectivity index (χ2v) is 6.13. The molecule has 0 aliphatic rings. The minimum atomic E-state index is -1.05. The van der Waals surface area contributed by atoms with Crippen LogP contribution in [0, 0.1) is 0 Å². The summed E-state index contributed by atoms with van der Waals surface area (Å²) in [5.41, 5.74) is 7.59. The largest absolute Gasteiger partial charge is 0.486 e. The lowest BCUT2D eigenvalue weighted by Crippen LogP contribution is -2.10. The fraction of sp³-hybridized carbons (Fsp3) is 0.0556. The van der Waals surface area contributed by atoms with Gasteiger partial charge in [-0.05, 0) is 35.4 Å². The molecule has 0 aliphatic carbocycles. The molecule has 0 aliphatic heterocycles. The summed E-state index contributed by atoms with van der Waals surface area (Å²) >= 11 is 1.24. The maximum atomic E-state index is 11.3. The molecule has 7 heteroatoms. The normalized spacial score (nSPS) is 10.4. The molecule has 0 fully saturated rings. The Balaban J connectivity index is 1.68. The summed E-state index contributed by atoms with van der Waals surface area (Å²) in [5.74, 6) is -0.877. The lowest BCUT2D eigenvalue weighted by molar-refractivity contribution is 0.0690. The molecular formula is C18H14N2O4S. The van der Waals surface area contributed by atoms with Gasteiger partial charge in [-0.3, -0.25) is 4.79 Å². The van der Waals surface area contributed by atoms with E-state index in [4.69, 9.17) is 15.6 Å². The van der Waals surface area contributed by atoms with Gasteiger partial charge in [0.2, 0.25) is 5.91 Å². The van der Waals surface area contributed by atoms with Crippen molar-refractivity contribution in [1.29, 1.82) is 0 Å². The Hall–Kier alpha value is -3.19. The molecule has 3 rings (SSSR count). The van der Waals surface area contributed by atoms with Crippen LogP contribution in [-0.4, -0.2) is 22.0 Å². The number of carbonyl (C=O) groups is 2. The summed E-state index contributed by atoms with van der Waals surface area (Å²) in [6.45, 7) is 0.203. The molecule has 25 heavy (non-hydrogen) atoms. The van der Waals surface area contributed by atoms with Crippen LogP contribution in [0.5, 0.6) is 5.75 Å². The highest BCUT2D eigenvalue weighted by atomic mass is 32.1. The maximum absolute atomic E-state index is 11.3. The van der Waals surface area contributed by atoms with Crippen molar-refractivity contribution in [2.45, 2.75) is 6.61 Å². The molecule has 0 unspecified atom stereocenters. The molecule has 0 spiro atoms. The maximum Gasteiger partial charge on any atom is 0.355 e. The highest BCUT2D eigenvalue weighted by Gasteiger charge is 2.09. The molecule has 6 nitrogen and oxygen atoms in total. The number of carbonyl (C=O) groups excluding carboxylic acids is 1. The highest BCUT2D eigenvalue weighted by Crippen LogP contribution is 2.24. The van der Waals surface area contributed by atoms with E-state index in [1.807, 2.05) is 18.2 Å². The van der Waals surface area contributed by atoms with E-state index in [1.54, 1.807) is 30.3 Å². The highest BCUT2D eigenvalue weighted by molar-refractivity contribution is 7.09. The lowest BCUT2D eigenvalue weighted by Gasteiger charge is -2.07. The van der Waals surface area contributed by atoms with E-state index < -0.39 is 11.9 Å². The Morgan fingerprint density at radius 1 is 1.12 bits per heavy atom. The second-order valence-electron chi connectivity index (χ2n) is 5.19. The van der Waals surface area contributed by atoms with E-state index in [0.29, 0.717) is 16.3 Å². The first-order chi connectivity index (χ1) is 12.0. The quantitative estimate of drug-likeness (QED) is 0.708. The number of amides is 1. The molecule has 0 saturated carbocycles. The zero-order valence-corrected chi connectivity index (χ0v) is 13.8. The van der Waals surface area contributed by atoms with Crippen molar-refractivity contribution in [2.75, 3.05) is 0 Å². The number of nitrogens with zero attached hydrogens (tertiary/aromatic N) is 1. The van der Waals surface area contributed by atoms with Gasteiger partial charge in [0, 0.05) is 10.9 Å². The van der Waals surface area contributed by atoms with Crippen LogP contribution in [0.1, 0.15) is 25.9 Å². The predicted octanol–water partition coefficient (Wildman–Crippen LogP) is 3.19. The number of hydrogen-bond donors (Lipinski definition) is 2. The van der Waals surface area contributed by atoms with Gasteiger partial charge in [-0.1, -0.05) is 24.3 Å². The van der Waals surface area contributed by atoms with Crippen LogP contribution < -0.4 is 10.5 Å². The second kappa shape index (κ2) is 7.14. The van der Waals surface area contributed by atoms with Crippen molar-refractivity contribution in [1.82, 2.24) is 4.98 Å². The van der Waals surface area contributed by atoms with Crippen LogP contribution in [0.2, 0.25) is 0 Å². The summed E-state index contributed by atoms with van der Waals surface area (Å²) in [5, 5.41) is 10.9. The third-order valence-electron chi connectivity index (χ3n) is 3.47. The Kier molecular flexibility index (Phi) is 4.76. The van der Waals surface area contributed by atoms with Crippen molar-refractivity contribution < 1.29 is 19.4 Å². The third kappa shape index (κ3) is 4.02. The molecule has 0 bridgehead atoms. The van der Waals surface area contributed by atoms with Crippen LogP contribution in [0.15, 0.2) is 53.9 Å². The molecule has 2 aromatic carbocycles. The van der Waals surface area contributed by atoms with Gasteiger partial charge in [-0.25, -0.2) is 9.78 Å². The molecule has 1 aromatic heterocycles. The number of primary amides is 1. The number of aromatic nitrogens is 1. The molecule has 3 N–H and O–H groups in total. The zero-order valence-electron chi connectivity index (χ0n) is 13.0. The average molecular weight is 354 g/mol. The first-order valence-electron chi connectivity index (χ1n) is 7.34. The minimum Gasteiger partial charge on any atom is -0.486 e. The van der Waals surface area contributed by atoms with Crippen molar-refractivity contribution in [3.63, 3.8) is 0 Å². The van der Waals surface area contributed by atoms with Crippen LogP contribution >= 0.6 is 11.3 Å². The Labute approximate surface area is 147 Å². The number of carboxylic acids is 1. The molecular weight excluding hydrogens is 340 g/mol. The van der Waals surface area contributed by atoms with Crippen LogP contribution in [0.4, 0.5) is 0 Å².